The van der Waals surface area contributed by atoms with Gasteiger partial charge in [-0.25, -0.2) is 4.39 Å². The minimum Gasteiger partial charge on any atom is -0.327 e. The van der Waals surface area contributed by atoms with Gasteiger partial charge in [0.1, 0.15) is 5.82 Å². The van der Waals surface area contributed by atoms with E-state index in [0.29, 0.717) is 11.5 Å². The molecule has 94 valence electrons. The highest BCUT2D eigenvalue weighted by Gasteiger charge is 2.49. The number of hydrogen-bond acceptors (Lipinski definition) is 1. The Hall–Kier alpha value is -0.600. The molecular weight excluding hydrogens is 237 g/mol. The van der Waals surface area contributed by atoms with Gasteiger partial charge in [0.15, 0.2) is 0 Å². The maximum absolute atomic E-state index is 14.2. The van der Waals surface area contributed by atoms with Gasteiger partial charge in [-0.2, -0.15) is 0 Å². The van der Waals surface area contributed by atoms with Crippen molar-refractivity contribution in [2.45, 2.75) is 51.0 Å². The van der Waals surface area contributed by atoms with E-state index < -0.39 is 0 Å². The van der Waals surface area contributed by atoms with Crippen molar-refractivity contribution in [1.29, 1.82) is 0 Å². The third-order valence-corrected chi connectivity index (χ3v) is 4.19. The van der Waals surface area contributed by atoms with Crippen molar-refractivity contribution in [1.82, 2.24) is 0 Å². The second kappa shape index (κ2) is 4.25. The molecule has 1 nitrogen and oxygen atoms in total. The Bertz CT molecular complexity index is 436. The molecule has 0 bridgehead atoms. The Balaban J connectivity index is 2.54. The Morgan fingerprint density at radius 2 is 1.88 bits per heavy atom. The smallest absolute Gasteiger partial charge is 0.145 e. The molecule has 1 aromatic rings. The molecule has 0 saturated heterocycles. The third-order valence-electron chi connectivity index (χ3n) is 3.91. The Labute approximate surface area is 107 Å². The van der Waals surface area contributed by atoms with Crippen LogP contribution in [0.3, 0.4) is 0 Å². The van der Waals surface area contributed by atoms with Crippen LogP contribution in [-0.4, -0.2) is 6.04 Å². The highest BCUT2D eigenvalue weighted by Crippen LogP contribution is 2.52. The van der Waals surface area contributed by atoms with Gasteiger partial charge in [0, 0.05) is 11.5 Å². The van der Waals surface area contributed by atoms with Crippen molar-refractivity contribution in [2.75, 3.05) is 0 Å². The summed E-state index contributed by atoms with van der Waals surface area (Å²) in [5, 5.41) is 0.220. The van der Waals surface area contributed by atoms with E-state index in [1.54, 1.807) is 6.07 Å². The molecule has 0 radical (unpaired) electrons. The number of rotatable bonds is 3. The van der Waals surface area contributed by atoms with Crippen LogP contribution in [0.4, 0.5) is 4.39 Å². The van der Waals surface area contributed by atoms with Crippen LogP contribution < -0.4 is 5.73 Å². The second-order valence-corrected chi connectivity index (χ2v) is 5.87. The van der Waals surface area contributed by atoms with Gasteiger partial charge in [0.2, 0.25) is 0 Å². The molecule has 1 aliphatic rings. The van der Waals surface area contributed by atoms with Gasteiger partial charge in [0.05, 0.1) is 5.02 Å². The molecular formula is C14H19ClFN. The van der Waals surface area contributed by atoms with Gasteiger partial charge < -0.3 is 5.73 Å². The molecule has 1 atom stereocenters. The SMILES string of the molecule is CC(C)c1cc(Cl)c(F)c(C2(C(C)N)CC2)c1. The molecule has 0 spiro atoms. The summed E-state index contributed by atoms with van der Waals surface area (Å²) in [4.78, 5) is 0. The van der Waals surface area contributed by atoms with Crippen LogP contribution >= 0.6 is 11.6 Å². The van der Waals surface area contributed by atoms with Crippen LogP contribution in [0.15, 0.2) is 12.1 Å². The zero-order chi connectivity index (χ0) is 12.8. The Kier molecular flexibility index (Phi) is 3.21. The van der Waals surface area contributed by atoms with Gasteiger partial charge in [-0.3, -0.25) is 0 Å². The summed E-state index contributed by atoms with van der Waals surface area (Å²) in [7, 11) is 0. The predicted octanol–water partition coefficient (Wildman–Crippen LogP) is 3.98. The zero-order valence-corrected chi connectivity index (χ0v) is 11.3. The summed E-state index contributed by atoms with van der Waals surface area (Å²) in [6.07, 6.45) is 1.92. The first-order chi connectivity index (χ1) is 7.88. The summed E-state index contributed by atoms with van der Waals surface area (Å²) in [6.45, 7) is 6.11. The van der Waals surface area contributed by atoms with Gasteiger partial charge in [-0.1, -0.05) is 31.5 Å². The predicted molar refractivity (Wildman–Crippen MR) is 70.1 cm³/mol. The van der Waals surface area contributed by atoms with Crippen molar-refractivity contribution in [3.8, 4) is 0 Å². The molecule has 1 aliphatic carbocycles. The van der Waals surface area contributed by atoms with E-state index in [-0.39, 0.29) is 22.3 Å². The van der Waals surface area contributed by atoms with Crippen LogP contribution in [0.1, 0.15) is 50.7 Å². The maximum Gasteiger partial charge on any atom is 0.145 e. The summed E-state index contributed by atoms with van der Waals surface area (Å²) >= 11 is 5.99. The van der Waals surface area contributed by atoms with Gasteiger partial charge in [-0.15, -0.1) is 0 Å². The monoisotopic (exact) mass is 255 g/mol. The highest BCUT2D eigenvalue weighted by atomic mass is 35.5. The van der Waals surface area contributed by atoms with Crippen LogP contribution in [0, 0.1) is 5.82 Å². The quantitative estimate of drug-likeness (QED) is 0.869. The molecule has 3 heteroatoms. The molecule has 1 aromatic carbocycles. The topological polar surface area (TPSA) is 26.0 Å². The lowest BCUT2D eigenvalue weighted by Gasteiger charge is -2.22. The minimum absolute atomic E-state index is 0.0320. The molecule has 0 heterocycles. The first-order valence-electron chi connectivity index (χ1n) is 6.13. The normalized spacial score (nSPS) is 19.5. The Morgan fingerprint density at radius 1 is 1.29 bits per heavy atom. The lowest BCUT2D eigenvalue weighted by molar-refractivity contribution is 0.511. The zero-order valence-electron chi connectivity index (χ0n) is 10.6. The number of hydrogen-bond donors (Lipinski definition) is 1. The molecule has 1 saturated carbocycles. The van der Waals surface area contributed by atoms with Crippen LogP contribution in [0.5, 0.6) is 0 Å². The minimum atomic E-state index is -0.286. The van der Waals surface area contributed by atoms with E-state index >= 15 is 0 Å². The fourth-order valence-electron chi connectivity index (χ4n) is 2.41. The van der Waals surface area contributed by atoms with E-state index in [4.69, 9.17) is 17.3 Å². The summed E-state index contributed by atoms with van der Waals surface area (Å²) in [5.41, 5.74) is 7.61. The molecule has 2 N–H and O–H groups in total. The molecule has 2 rings (SSSR count). The summed E-state index contributed by atoms with van der Waals surface area (Å²) in [6, 6.07) is 3.64. The van der Waals surface area contributed by atoms with Crippen LogP contribution in [0.2, 0.25) is 5.02 Å². The average molecular weight is 256 g/mol. The van der Waals surface area contributed by atoms with E-state index in [1.165, 1.54) is 0 Å². The van der Waals surface area contributed by atoms with Gasteiger partial charge in [-0.05, 0) is 42.9 Å². The van der Waals surface area contributed by atoms with Crippen molar-refractivity contribution >= 4 is 11.6 Å². The molecule has 17 heavy (non-hydrogen) atoms. The maximum atomic E-state index is 14.2. The largest absolute Gasteiger partial charge is 0.327 e. The van der Waals surface area contributed by atoms with E-state index in [9.17, 15) is 4.39 Å². The summed E-state index contributed by atoms with van der Waals surface area (Å²) < 4.78 is 14.2. The van der Waals surface area contributed by atoms with Crippen molar-refractivity contribution < 1.29 is 4.39 Å². The number of nitrogens with two attached hydrogens (primary N) is 1. The second-order valence-electron chi connectivity index (χ2n) is 5.46. The third kappa shape index (κ3) is 2.09. The molecule has 1 unspecified atom stereocenters. The first-order valence-corrected chi connectivity index (χ1v) is 6.51. The fraction of sp³-hybridized carbons (Fsp3) is 0.571. The number of benzene rings is 1. The number of halogens is 2. The van der Waals surface area contributed by atoms with Gasteiger partial charge in [0.25, 0.3) is 0 Å². The molecule has 0 amide bonds. The molecule has 0 aromatic heterocycles. The van der Waals surface area contributed by atoms with E-state index in [2.05, 4.69) is 13.8 Å². The van der Waals surface area contributed by atoms with Gasteiger partial charge >= 0.3 is 0 Å². The standard InChI is InChI=1S/C14H19ClFN/c1-8(2)10-6-11(13(16)12(15)7-10)14(4-5-14)9(3)17/h6-9H,4-5,17H2,1-3H3. The van der Waals surface area contributed by atoms with E-state index in [0.717, 1.165) is 18.4 Å². The van der Waals surface area contributed by atoms with Crippen molar-refractivity contribution in [3.05, 3.63) is 34.1 Å². The summed E-state index contributed by atoms with van der Waals surface area (Å²) in [5.74, 6) is 0.0570. The average Bonchev–Trinajstić information content (AvgIpc) is 3.02. The highest BCUT2D eigenvalue weighted by molar-refractivity contribution is 6.30. The molecule has 0 aliphatic heterocycles. The van der Waals surface area contributed by atoms with Crippen molar-refractivity contribution in [2.24, 2.45) is 5.73 Å². The fourth-order valence-corrected chi connectivity index (χ4v) is 2.64. The lowest BCUT2D eigenvalue weighted by Crippen LogP contribution is -2.32. The van der Waals surface area contributed by atoms with Crippen molar-refractivity contribution in [3.63, 3.8) is 0 Å². The Morgan fingerprint density at radius 3 is 2.29 bits per heavy atom. The van der Waals surface area contributed by atoms with E-state index in [1.807, 2.05) is 13.0 Å². The lowest BCUT2D eigenvalue weighted by atomic mass is 9.86. The van der Waals surface area contributed by atoms with Crippen LogP contribution in [-0.2, 0) is 5.41 Å². The van der Waals surface area contributed by atoms with Crippen LogP contribution in [0.25, 0.3) is 0 Å². The first kappa shape index (κ1) is 12.8. The molecule has 1 fully saturated rings.